The van der Waals surface area contributed by atoms with E-state index in [2.05, 4.69) is 33.8 Å². The summed E-state index contributed by atoms with van der Waals surface area (Å²) in [4.78, 5) is 4.35. The number of benzene rings is 3. The largest absolute Gasteiger partial charge is 0.327 e. The lowest BCUT2D eigenvalue weighted by Crippen LogP contribution is -2.00. The molecule has 0 atom stereocenters. The fraction of sp³-hybridized carbons (Fsp3) is 0.111. The summed E-state index contributed by atoms with van der Waals surface area (Å²) in [5.41, 5.74) is 6.15. The molecule has 0 fully saturated rings. The van der Waals surface area contributed by atoms with Gasteiger partial charge >= 0.3 is 0 Å². The fourth-order valence-electron chi connectivity index (χ4n) is 3.53. The van der Waals surface area contributed by atoms with Gasteiger partial charge in [0.15, 0.2) is 0 Å². The summed E-state index contributed by atoms with van der Waals surface area (Å²) in [6.45, 7) is 0.741. The molecule has 0 N–H and O–H groups in total. The van der Waals surface area contributed by atoms with Crippen molar-refractivity contribution in [2.75, 3.05) is 0 Å². The van der Waals surface area contributed by atoms with Crippen LogP contribution >= 0.6 is 0 Å². The Balaban J connectivity index is 1.63. The summed E-state index contributed by atoms with van der Waals surface area (Å²) < 4.78 is 15.4. The number of imidazole rings is 1. The molecule has 0 aliphatic rings. The molecule has 152 valence electrons. The smallest absolute Gasteiger partial charge is 0.123 e. The predicted octanol–water partition coefficient (Wildman–Crippen LogP) is 6.12. The Hall–Kier alpha value is -3.97. The number of nitrogens with zero attached hydrogens (tertiary/aromatic N) is 3. The third kappa shape index (κ3) is 5.34. The molecule has 0 saturated heterocycles. The second kappa shape index (κ2) is 9.69. The highest BCUT2D eigenvalue weighted by molar-refractivity contribution is 5.81. The Morgan fingerprint density at radius 1 is 0.935 bits per heavy atom. The van der Waals surface area contributed by atoms with Crippen LogP contribution in [0.4, 0.5) is 4.39 Å². The Kier molecular flexibility index (Phi) is 6.35. The quantitative estimate of drug-likeness (QED) is 0.371. The molecule has 3 nitrogen and oxygen atoms in total. The fourth-order valence-corrected chi connectivity index (χ4v) is 3.53. The normalized spacial score (nSPS) is 11.3. The maximum absolute atomic E-state index is 13.2. The molecule has 0 radical (unpaired) electrons. The summed E-state index contributed by atoms with van der Waals surface area (Å²) >= 11 is 0. The van der Waals surface area contributed by atoms with Crippen molar-refractivity contribution >= 4 is 11.6 Å². The van der Waals surface area contributed by atoms with Crippen molar-refractivity contribution in [1.82, 2.24) is 9.55 Å². The molecule has 0 spiro atoms. The van der Waals surface area contributed by atoms with E-state index in [1.807, 2.05) is 67.1 Å². The lowest BCUT2D eigenvalue weighted by atomic mass is 9.96. The number of halogens is 1. The molecule has 0 aliphatic carbocycles. The van der Waals surface area contributed by atoms with Gasteiger partial charge in [-0.15, -0.1) is 0 Å². The van der Waals surface area contributed by atoms with Crippen LogP contribution in [0, 0.1) is 17.1 Å². The Morgan fingerprint density at radius 3 is 2.39 bits per heavy atom. The van der Waals surface area contributed by atoms with E-state index in [9.17, 15) is 4.39 Å². The number of rotatable bonds is 7. The van der Waals surface area contributed by atoms with Gasteiger partial charge in [-0.2, -0.15) is 5.26 Å². The van der Waals surface area contributed by atoms with Crippen molar-refractivity contribution in [3.63, 3.8) is 0 Å². The predicted molar refractivity (Wildman–Crippen MR) is 122 cm³/mol. The van der Waals surface area contributed by atoms with Gasteiger partial charge in [-0.25, -0.2) is 9.37 Å². The van der Waals surface area contributed by atoms with E-state index in [-0.39, 0.29) is 5.82 Å². The van der Waals surface area contributed by atoms with Crippen molar-refractivity contribution in [3.8, 4) is 6.07 Å². The van der Waals surface area contributed by atoms with Gasteiger partial charge in [0, 0.05) is 6.54 Å². The third-order valence-corrected chi connectivity index (χ3v) is 5.24. The minimum absolute atomic E-state index is 0.226. The Bertz CT molecular complexity index is 1200. The molecular weight excluding hydrogens is 385 g/mol. The summed E-state index contributed by atoms with van der Waals surface area (Å²) in [6.07, 6.45) is 7.44. The average Bonchev–Trinajstić information content (AvgIpc) is 3.25. The number of hydrogen-bond acceptors (Lipinski definition) is 2. The van der Waals surface area contributed by atoms with Crippen molar-refractivity contribution < 1.29 is 4.39 Å². The highest BCUT2D eigenvalue weighted by atomic mass is 19.1. The van der Waals surface area contributed by atoms with E-state index in [0.29, 0.717) is 5.56 Å². The number of nitriles is 1. The zero-order valence-corrected chi connectivity index (χ0v) is 17.1. The topological polar surface area (TPSA) is 41.6 Å². The Labute approximate surface area is 181 Å². The maximum atomic E-state index is 13.2. The van der Waals surface area contributed by atoms with Crippen LogP contribution in [0.5, 0.6) is 0 Å². The van der Waals surface area contributed by atoms with Crippen LogP contribution in [0.1, 0.15) is 34.4 Å². The van der Waals surface area contributed by atoms with Crippen LogP contribution in [0.25, 0.3) is 11.6 Å². The first kappa shape index (κ1) is 20.3. The van der Waals surface area contributed by atoms with Crippen LogP contribution in [0.15, 0.2) is 91.4 Å². The molecular formula is C27H22FN3. The average molecular weight is 407 g/mol. The second-order valence-corrected chi connectivity index (χ2v) is 7.42. The van der Waals surface area contributed by atoms with Gasteiger partial charge in [-0.05, 0) is 65.4 Å². The van der Waals surface area contributed by atoms with Gasteiger partial charge in [0.25, 0.3) is 0 Å². The minimum atomic E-state index is -0.226. The first-order chi connectivity index (χ1) is 15.2. The van der Waals surface area contributed by atoms with Crippen LogP contribution in [0.3, 0.4) is 0 Å². The SMILES string of the molecule is N#Cc1ccc(C(=Cc2cncn2Cc2ccccc2)CCc2ccc(F)cc2)cc1. The summed E-state index contributed by atoms with van der Waals surface area (Å²) in [6, 6.07) is 26.7. The number of aryl methyl sites for hydroxylation is 1. The van der Waals surface area contributed by atoms with E-state index in [1.54, 1.807) is 0 Å². The first-order valence-corrected chi connectivity index (χ1v) is 10.2. The summed E-state index contributed by atoms with van der Waals surface area (Å²) in [7, 11) is 0. The molecule has 0 unspecified atom stereocenters. The molecule has 0 bridgehead atoms. The number of aromatic nitrogens is 2. The zero-order valence-electron chi connectivity index (χ0n) is 17.1. The van der Waals surface area contributed by atoms with Crippen molar-refractivity contribution in [2.45, 2.75) is 19.4 Å². The van der Waals surface area contributed by atoms with Crippen molar-refractivity contribution in [2.24, 2.45) is 0 Å². The van der Waals surface area contributed by atoms with Gasteiger partial charge in [0.05, 0.1) is 29.9 Å². The number of hydrogen-bond donors (Lipinski definition) is 0. The summed E-state index contributed by atoms with van der Waals surface area (Å²) in [5, 5.41) is 9.12. The highest BCUT2D eigenvalue weighted by Crippen LogP contribution is 2.25. The molecule has 31 heavy (non-hydrogen) atoms. The molecule has 0 aliphatic heterocycles. The van der Waals surface area contributed by atoms with Gasteiger partial charge in [-0.1, -0.05) is 54.6 Å². The third-order valence-electron chi connectivity index (χ3n) is 5.24. The van der Waals surface area contributed by atoms with Crippen molar-refractivity contribution in [3.05, 3.63) is 125 Å². The zero-order chi connectivity index (χ0) is 21.5. The van der Waals surface area contributed by atoms with E-state index in [0.717, 1.165) is 41.8 Å². The second-order valence-electron chi connectivity index (χ2n) is 7.42. The molecule has 0 saturated carbocycles. The van der Waals surface area contributed by atoms with Crippen LogP contribution < -0.4 is 0 Å². The molecule has 3 aromatic carbocycles. The van der Waals surface area contributed by atoms with Gasteiger partial charge in [-0.3, -0.25) is 0 Å². The number of allylic oxidation sites excluding steroid dienone is 1. The highest BCUT2D eigenvalue weighted by Gasteiger charge is 2.08. The molecule has 4 heteroatoms. The van der Waals surface area contributed by atoms with Gasteiger partial charge in [0.1, 0.15) is 5.82 Å². The molecule has 1 aromatic heterocycles. The van der Waals surface area contributed by atoms with E-state index in [1.165, 1.54) is 17.7 Å². The van der Waals surface area contributed by atoms with Crippen molar-refractivity contribution in [1.29, 1.82) is 5.26 Å². The lowest BCUT2D eigenvalue weighted by Gasteiger charge is -2.11. The van der Waals surface area contributed by atoms with Crippen LogP contribution in [-0.2, 0) is 13.0 Å². The van der Waals surface area contributed by atoms with E-state index >= 15 is 0 Å². The first-order valence-electron chi connectivity index (χ1n) is 10.2. The Morgan fingerprint density at radius 2 is 1.68 bits per heavy atom. The van der Waals surface area contributed by atoms with Crippen LogP contribution in [0.2, 0.25) is 0 Å². The minimum Gasteiger partial charge on any atom is -0.327 e. The van der Waals surface area contributed by atoms with Gasteiger partial charge < -0.3 is 4.57 Å². The molecule has 1 heterocycles. The van der Waals surface area contributed by atoms with Crippen LogP contribution in [-0.4, -0.2) is 9.55 Å². The van der Waals surface area contributed by atoms with E-state index in [4.69, 9.17) is 5.26 Å². The van der Waals surface area contributed by atoms with Gasteiger partial charge in [0.2, 0.25) is 0 Å². The molecule has 4 aromatic rings. The molecule has 4 rings (SSSR count). The van der Waals surface area contributed by atoms with E-state index < -0.39 is 0 Å². The monoisotopic (exact) mass is 407 g/mol. The lowest BCUT2D eigenvalue weighted by molar-refractivity contribution is 0.627. The molecule has 0 amide bonds. The summed E-state index contributed by atoms with van der Waals surface area (Å²) in [5.74, 6) is -0.226. The maximum Gasteiger partial charge on any atom is 0.123 e. The standard InChI is InChI=1S/C27H22FN3/c28-26-14-9-21(10-15-26)6-13-25(24-11-7-22(17-29)8-12-24)16-27-18-30-20-31(27)19-23-4-2-1-3-5-23/h1-5,7-12,14-16,18,20H,6,13,19H2.